The molecule has 1 atom stereocenters. The van der Waals surface area contributed by atoms with Crippen LogP contribution in [0.25, 0.3) is 0 Å². The highest BCUT2D eigenvalue weighted by Gasteiger charge is 2.33. The summed E-state index contributed by atoms with van der Waals surface area (Å²) in [7, 11) is 0. The normalized spacial score (nSPS) is 19.8. The Balaban J connectivity index is 1.69. The molecule has 1 aliphatic carbocycles. The minimum atomic E-state index is -0.329. The number of carbonyl (C=O) groups is 2. The third kappa shape index (κ3) is 4.07. The Labute approximate surface area is 170 Å². The molecule has 2 amide bonds. The highest BCUT2D eigenvalue weighted by atomic mass is 35.5. The second kappa shape index (κ2) is 8.36. The van der Waals surface area contributed by atoms with E-state index in [0.717, 1.165) is 17.5 Å². The standard InChI is InChI=1S/C23H25ClN2O2/c24-18-11-12-20-19(14-18)23(17-8-2-1-3-9-17)26(15-21(27)25-20)22(28)13-10-16-6-4-5-7-16/h1-3,8-9,11-12,14,16,23H,4-7,10,13,15H2,(H,25,27). The lowest BCUT2D eigenvalue weighted by Gasteiger charge is -2.31. The number of nitrogens with one attached hydrogen (secondary N) is 1. The Kier molecular flexibility index (Phi) is 5.67. The van der Waals surface area contributed by atoms with E-state index in [1.807, 2.05) is 42.5 Å². The summed E-state index contributed by atoms with van der Waals surface area (Å²) >= 11 is 6.28. The second-order valence-electron chi connectivity index (χ2n) is 7.80. The van der Waals surface area contributed by atoms with Crippen LogP contribution in [0, 0.1) is 5.92 Å². The fourth-order valence-electron chi connectivity index (χ4n) is 4.47. The molecule has 1 heterocycles. The van der Waals surface area contributed by atoms with Gasteiger partial charge < -0.3 is 10.2 Å². The number of hydrogen-bond donors (Lipinski definition) is 1. The highest BCUT2D eigenvalue weighted by molar-refractivity contribution is 6.30. The van der Waals surface area contributed by atoms with Gasteiger partial charge in [0.05, 0.1) is 6.04 Å². The molecular formula is C23H25ClN2O2. The molecule has 5 heteroatoms. The van der Waals surface area contributed by atoms with Crippen molar-refractivity contribution in [2.45, 2.75) is 44.6 Å². The molecule has 0 aromatic heterocycles. The van der Waals surface area contributed by atoms with Crippen molar-refractivity contribution in [1.29, 1.82) is 0 Å². The van der Waals surface area contributed by atoms with Gasteiger partial charge in [-0.1, -0.05) is 67.6 Å². The molecule has 28 heavy (non-hydrogen) atoms. The molecule has 1 fully saturated rings. The summed E-state index contributed by atoms with van der Waals surface area (Å²) in [4.78, 5) is 27.5. The van der Waals surface area contributed by atoms with Gasteiger partial charge in [-0.2, -0.15) is 0 Å². The van der Waals surface area contributed by atoms with Crippen LogP contribution < -0.4 is 5.32 Å². The largest absolute Gasteiger partial charge is 0.324 e. The van der Waals surface area contributed by atoms with Gasteiger partial charge in [0.2, 0.25) is 11.8 Å². The molecule has 0 saturated heterocycles. The summed E-state index contributed by atoms with van der Waals surface area (Å²) in [6.07, 6.45) is 6.35. The van der Waals surface area contributed by atoms with Gasteiger partial charge in [-0.25, -0.2) is 0 Å². The second-order valence-corrected chi connectivity index (χ2v) is 8.24. The van der Waals surface area contributed by atoms with Gasteiger partial charge in [-0.05, 0) is 36.1 Å². The molecular weight excluding hydrogens is 372 g/mol. The number of rotatable bonds is 4. The van der Waals surface area contributed by atoms with E-state index in [1.165, 1.54) is 25.7 Å². The SMILES string of the molecule is O=C1CN(C(=O)CCC2CCCC2)C(c2ccccc2)c2cc(Cl)ccc2N1. The van der Waals surface area contributed by atoms with Crippen LogP contribution >= 0.6 is 11.6 Å². The average molecular weight is 397 g/mol. The maximum Gasteiger partial charge on any atom is 0.244 e. The fraction of sp³-hybridized carbons (Fsp3) is 0.391. The van der Waals surface area contributed by atoms with Crippen molar-refractivity contribution in [2.75, 3.05) is 11.9 Å². The Morgan fingerprint density at radius 1 is 1.11 bits per heavy atom. The Hall–Kier alpha value is -2.33. The van der Waals surface area contributed by atoms with Gasteiger partial charge in [0.25, 0.3) is 0 Å². The lowest BCUT2D eigenvalue weighted by Crippen LogP contribution is -2.39. The lowest BCUT2D eigenvalue weighted by atomic mass is 9.95. The van der Waals surface area contributed by atoms with Crippen LogP contribution in [0.3, 0.4) is 0 Å². The molecule has 146 valence electrons. The van der Waals surface area contributed by atoms with Gasteiger partial charge in [-0.15, -0.1) is 0 Å². The van der Waals surface area contributed by atoms with Gasteiger partial charge >= 0.3 is 0 Å². The Morgan fingerprint density at radius 2 is 1.86 bits per heavy atom. The minimum Gasteiger partial charge on any atom is -0.324 e. The predicted octanol–water partition coefficient (Wildman–Crippen LogP) is 5.18. The first-order valence-electron chi connectivity index (χ1n) is 10.1. The average Bonchev–Trinajstić information content (AvgIpc) is 3.17. The maximum atomic E-state index is 13.2. The summed E-state index contributed by atoms with van der Waals surface area (Å²) < 4.78 is 0. The number of benzene rings is 2. The monoisotopic (exact) mass is 396 g/mol. The molecule has 4 nitrogen and oxygen atoms in total. The van der Waals surface area contributed by atoms with E-state index < -0.39 is 0 Å². The third-order valence-electron chi connectivity index (χ3n) is 5.88. The quantitative estimate of drug-likeness (QED) is 0.773. The molecule has 1 saturated carbocycles. The van der Waals surface area contributed by atoms with Gasteiger partial charge in [0.15, 0.2) is 0 Å². The number of nitrogens with zero attached hydrogens (tertiary/aromatic N) is 1. The van der Waals surface area contributed by atoms with Crippen LogP contribution in [0.15, 0.2) is 48.5 Å². The highest BCUT2D eigenvalue weighted by Crippen LogP contribution is 2.38. The molecule has 2 aromatic rings. The minimum absolute atomic E-state index is 0.0312. The fourth-order valence-corrected chi connectivity index (χ4v) is 4.66. The molecule has 1 aliphatic heterocycles. The van der Waals surface area contributed by atoms with E-state index in [4.69, 9.17) is 11.6 Å². The smallest absolute Gasteiger partial charge is 0.244 e. The van der Waals surface area contributed by atoms with Crippen LogP contribution in [0.4, 0.5) is 5.69 Å². The summed E-state index contributed by atoms with van der Waals surface area (Å²) in [5, 5.41) is 3.53. The zero-order valence-electron chi connectivity index (χ0n) is 15.9. The molecule has 1 unspecified atom stereocenters. The van der Waals surface area contributed by atoms with Crippen LogP contribution in [-0.2, 0) is 9.59 Å². The van der Waals surface area contributed by atoms with Crippen molar-refractivity contribution < 1.29 is 9.59 Å². The van der Waals surface area contributed by atoms with Crippen molar-refractivity contribution in [3.05, 3.63) is 64.7 Å². The van der Waals surface area contributed by atoms with E-state index in [1.54, 1.807) is 11.0 Å². The van der Waals surface area contributed by atoms with Crippen LogP contribution in [0.5, 0.6) is 0 Å². The summed E-state index contributed by atoms with van der Waals surface area (Å²) in [5.41, 5.74) is 2.56. The molecule has 2 aromatic carbocycles. The van der Waals surface area contributed by atoms with E-state index in [0.29, 0.717) is 23.0 Å². The Morgan fingerprint density at radius 3 is 2.61 bits per heavy atom. The number of carbonyl (C=O) groups excluding carboxylic acids is 2. The van der Waals surface area contributed by atoms with Gasteiger partial charge in [-0.3, -0.25) is 9.59 Å². The first-order valence-corrected chi connectivity index (χ1v) is 10.4. The van der Waals surface area contributed by atoms with Crippen molar-refractivity contribution in [2.24, 2.45) is 5.92 Å². The molecule has 0 radical (unpaired) electrons. The summed E-state index contributed by atoms with van der Waals surface area (Å²) in [5.74, 6) is 0.501. The van der Waals surface area contributed by atoms with E-state index in [9.17, 15) is 9.59 Å². The number of halogens is 1. The molecule has 4 rings (SSSR count). The van der Waals surface area contributed by atoms with E-state index in [2.05, 4.69) is 5.32 Å². The molecule has 2 aliphatic rings. The van der Waals surface area contributed by atoms with Crippen molar-refractivity contribution >= 4 is 29.1 Å². The van der Waals surface area contributed by atoms with Crippen LogP contribution in [0.2, 0.25) is 5.02 Å². The van der Waals surface area contributed by atoms with E-state index in [-0.39, 0.29) is 24.4 Å². The molecule has 1 N–H and O–H groups in total. The summed E-state index contributed by atoms with van der Waals surface area (Å²) in [6, 6.07) is 15.0. The lowest BCUT2D eigenvalue weighted by molar-refractivity contribution is -0.136. The predicted molar refractivity (Wildman–Crippen MR) is 111 cm³/mol. The summed E-state index contributed by atoms with van der Waals surface area (Å²) in [6.45, 7) is 0.0510. The zero-order valence-corrected chi connectivity index (χ0v) is 16.6. The first-order chi connectivity index (χ1) is 13.6. The number of anilines is 1. The van der Waals surface area contributed by atoms with Gasteiger partial charge in [0, 0.05) is 22.7 Å². The number of amides is 2. The number of hydrogen-bond acceptors (Lipinski definition) is 2. The van der Waals surface area contributed by atoms with Crippen LogP contribution in [0.1, 0.15) is 55.7 Å². The number of fused-ring (bicyclic) bond motifs is 1. The third-order valence-corrected chi connectivity index (χ3v) is 6.12. The first kappa shape index (κ1) is 19.0. The molecule has 0 spiro atoms. The molecule has 0 bridgehead atoms. The van der Waals surface area contributed by atoms with Crippen LogP contribution in [-0.4, -0.2) is 23.3 Å². The Bertz CT molecular complexity index is 862. The van der Waals surface area contributed by atoms with Crippen molar-refractivity contribution in [1.82, 2.24) is 4.90 Å². The van der Waals surface area contributed by atoms with E-state index >= 15 is 0 Å². The van der Waals surface area contributed by atoms with Crippen molar-refractivity contribution in [3.8, 4) is 0 Å². The van der Waals surface area contributed by atoms with Gasteiger partial charge in [0.1, 0.15) is 6.54 Å². The van der Waals surface area contributed by atoms with Crippen molar-refractivity contribution in [3.63, 3.8) is 0 Å². The zero-order chi connectivity index (χ0) is 19.5. The maximum absolute atomic E-state index is 13.2. The topological polar surface area (TPSA) is 49.4 Å².